The summed E-state index contributed by atoms with van der Waals surface area (Å²) in [6.45, 7) is 2.69. The predicted octanol–water partition coefficient (Wildman–Crippen LogP) is 2.83. The first-order valence-electron chi connectivity index (χ1n) is 5.38. The number of rotatable bonds is 5. The van der Waals surface area contributed by atoms with E-state index in [1.165, 1.54) is 6.08 Å². The first kappa shape index (κ1) is 16.1. The zero-order valence-electron chi connectivity index (χ0n) is 10.2. The number of carboxylic acids is 1. The molecule has 0 atom stereocenters. The van der Waals surface area contributed by atoms with Crippen LogP contribution in [0.5, 0.6) is 0 Å². The third kappa shape index (κ3) is 4.30. The van der Waals surface area contributed by atoms with Crippen LogP contribution in [0.15, 0.2) is 29.3 Å². The summed E-state index contributed by atoms with van der Waals surface area (Å²) in [6.07, 6.45) is 1.30. The molecule has 1 rings (SSSR count). The molecule has 0 spiro atoms. The van der Waals surface area contributed by atoms with Gasteiger partial charge < -0.3 is 15.3 Å². The number of carbonyl (C=O) groups is 2. The van der Waals surface area contributed by atoms with Crippen LogP contribution in [-0.4, -0.2) is 35.1 Å². The minimum Gasteiger partial charge on any atom is -0.480 e. The zero-order valence-corrected chi connectivity index (χ0v) is 11.8. The van der Waals surface area contributed by atoms with E-state index in [4.69, 9.17) is 5.11 Å². The molecule has 2 amide bonds. The molecular formula is C12H11BrF2N2O3. The molecule has 0 bridgehead atoms. The van der Waals surface area contributed by atoms with Crippen molar-refractivity contribution in [2.24, 2.45) is 0 Å². The van der Waals surface area contributed by atoms with Crippen molar-refractivity contribution >= 4 is 33.6 Å². The van der Waals surface area contributed by atoms with Gasteiger partial charge in [0.1, 0.15) is 12.2 Å². The molecule has 0 heterocycles. The van der Waals surface area contributed by atoms with E-state index in [-0.39, 0.29) is 11.0 Å². The zero-order chi connectivity index (χ0) is 15.3. The van der Waals surface area contributed by atoms with Crippen molar-refractivity contribution in [1.29, 1.82) is 0 Å². The number of nitrogens with zero attached hydrogens (tertiary/aromatic N) is 1. The van der Waals surface area contributed by atoms with Crippen LogP contribution in [0.4, 0.5) is 19.3 Å². The summed E-state index contributed by atoms with van der Waals surface area (Å²) in [5, 5.41) is 10.7. The Kier molecular flexibility index (Phi) is 5.63. The summed E-state index contributed by atoms with van der Waals surface area (Å²) in [7, 11) is 0. The van der Waals surface area contributed by atoms with Crippen LogP contribution in [0.2, 0.25) is 0 Å². The van der Waals surface area contributed by atoms with Crippen molar-refractivity contribution in [2.45, 2.75) is 0 Å². The number of hydrogen-bond donors (Lipinski definition) is 2. The first-order chi connectivity index (χ1) is 9.35. The lowest BCUT2D eigenvalue weighted by molar-refractivity contribution is -0.137. The molecule has 0 saturated heterocycles. The van der Waals surface area contributed by atoms with E-state index in [0.29, 0.717) is 0 Å². The number of carbonyl (C=O) groups excluding carboxylic acids is 1. The maximum absolute atomic E-state index is 13.5. The molecule has 5 nitrogen and oxygen atoms in total. The average Bonchev–Trinajstić information content (AvgIpc) is 2.32. The number of nitrogens with one attached hydrogen (secondary N) is 1. The molecule has 0 aromatic heterocycles. The van der Waals surface area contributed by atoms with E-state index in [2.05, 4.69) is 22.5 Å². The number of urea groups is 1. The van der Waals surface area contributed by atoms with Crippen molar-refractivity contribution in [3.63, 3.8) is 0 Å². The Morgan fingerprint density at radius 1 is 1.40 bits per heavy atom. The third-order valence-electron chi connectivity index (χ3n) is 2.20. The predicted molar refractivity (Wildman–Crippen MR) is 72.5 cm³/mol. The standard InChI is InChI=1S/C12H11BrF2N2O3/c1-2-3-17(6-10(18)19)12(20)16-11-8(14)4-7(13)5-9(11)15/h2,4-5H,1,3,6H2,(H,16,20)(H,18,19). The Morgan fingerprint density at radius 2 is 1.95 bits per heavy atom. The van der Waals surface area contributed by atoms with E-state index in [1.807, 2.05) is 5.32 Å². The van der Waals surface area contributed by atoms with E-state index >= 15 is 0 Å². The number of benzene rings is 1. The SMILES string of the molecule is C=CCN(CC(=O)O)C(=O)Nc1c(F)cc(Br)cc1F. The summed E-state index contributed by atoms with van der Waals surface area (Å²) < 4.78 is 27.3. The molecule has 0 saturated carbocycles. The van der Waals surface area contributed by atoms with Gasteiger partial charge in [0.05, 0.1) is 0 Å². The first-order valence-corrected chi connectivity index (χ1v) is 6.17. The average molecular weight is 349 g/mol. The monoisotopic (exact) mass is 348 g/mol. The second-order valence-corrected chi connectivity index (χ2v) is 4.65. The Hall–Kier alpha value is -1.96. The Morgan fingerprint density at radius 3 is 2.40 bits per heavy atom. The molecule has 0 aliphatic heterocycles. The smallest absolute Gasteiger partial charge is 0.323 e. The van der Waals surface area contributed by atoms with Crippen LogP contribution in [0.3, 0.4) is 0 Å². The highest BCUT2D eigenvalue weighted by atomic mass is 79.9. The summed E-state index contributed by atoms with van der Waals surface area (Å²) in [5.41, 5.74) is -0.641. The Labute approximate surface area is 122 Å². The van der Waals surface area contributed by atoms with E-state index in [9.17, 15) is 18.4 Å². The van der Waals surface area contributed by atoms with Gasteiger partial charge in [-0.25, -0.2) is 13.6 Å². The quantitative estimate of drug-likeness (QED) is 0.804. The summed E-state index contributed by atoms with van der Waals surface area (Å²) in [5.74, 6) is -3.20. The van der Waals surface area contributed by atoms with Crippen molar-refractivity contribution in [2.75, 3.05) is 18.4 Å². The molecule has 8 heteroatoms. The molecule has 0 aliphatic carbocycles. The minimum atomic E-state index is -1.25. The van der Waals surface area contributed by atoms with Crippen LogP contribution in [-0.2, 0) is 4.79 Å². The van der Waals surface area contributed by atoms with Crippen LogP contribution < -0.4 is 5.32 Å². The lowest BCUT2D eigenvalue weighted by Crippen LogP contribution is -2.39. The normalized spacial score (nSPS) is 9.95. The largest absolute Gasteiger partial charge is 0.480 e. The number of aliphatic carboxylic acids is 1. The van der Waals surface area contributed by atoms with Gasteiger partial charge in [-0.3, -0.25) is 4.79 Å². The number of amides is 2. The second kappa shape index (κ2) is 6.99. The van der Waals surface area contributed by atoms with Gasteiger partial charge in [-0.05, 0) is 12.1 Å². The Balaban J connectivity index is 2.93. The van der Waals surface area contributed by atoms with Gasteiger partial charge in [0.25, 0.3) is 0 Å². The van der Waals surface area contributed by atoms with Gasteiger partial charge in [0.2, 0.25) is 0 Å². The molecule has 1 aromatic rings. The van der Waals surface area contributed by atoms with Gasteiger partial charge in [-0.2, -0.15) is 0 Å². The highest BCUT2D eigenvalue weighted by Gasteiger charge is 2.19. The fourth-order valence-corrected chi connectivity index (χ4v) is 1.79. The maximum Gasteiger partial charge on any atom is 0.323 e. The molecule has 0 unspecified atom stereocenters. The summed E-state index contributed by atoms with van der Waals surface area (Å²) >= 11 is 2.91. The molecule has 108 valence electrons. The fourth-order valence-electron chi connectivity index (χ4n) is 1.39. The minimum absolute atomic E-state index is 0.0715. The Bertz CT molecular complexity index is 528. The lowest BCUT2D eigenvalue weighted by Gasteiger charge is -2.19. The fraction of sp³-hybridized carbons (Fsp3) is 0.167. The molecule has 2 N–H and O–H groups in total. The van der Waals surface area contributed by atoms with Gasteiger partial charge in [0, 0.05) is 11.0 Å². The molecule has 1 aromatic carbocycles. The van der Waals surface area contributed by atoms with Crippen molar-refractivity contribution in [3.05, 3.63) is 40.9 Å². The highest BCUT2D eigenvalue weighted by Crippen LogP contribution is 2.24. The molecule has 0 radical (unpaired) electrons. The number of halogens is 3. The van der Waals surface area contributed by atoms with Crippen molar-refractivity contribution < 1.29 is 23.5 Å². The van der Waals surface area contributed by atoms with E-state index in [1.54, 1.807) is 0 Å². The van der Waals surface area contributed by atoms with Crippen molar-refractivity contribution in [1.82, 2.24) is 4.90 Å². The summed E-state index contributed by atoms with van der Waals surface area (Å²) in [6, 6.07) is 1.02. The highest BCUT2D eigenvalue weighted by molar-refractivity contribution is 9.10. The molecule has 20 heavy (non-hydrogen) atoms. The number of carboxylic acid groups (broad SMARTS) is 1. The second-order valence-electron chi connectivity index (χ2n) is 3.74. The van der Waals surface area contributed by atoms with Gasteiger partial charge in [0.15, 0.2) is 11.6 Å². The van der Waals surface area contributed by atoms with Gasteiger partial charge in [-0.1, -0.05) is 22.0 Å². The van der Waals surface area contributed by atoms with Crippen LogP contribution in [0.1, 0.15) is 0 Å². The van der Waals surface area contributed by atoms with E-state index < -0.39 is 35.9 Å². The van der Waals surface area contributed by atoms with E-state index in [0.717, 1.165) is 17.0 Å². The van der Waals surface area contributed by atoms with Crippen LogP contribution in [0.25, 0.3) is 0 Å². The number of anilines is 1. The maximum atomic E-state index is 13.5. The van der Waals surface area contributed by atoms with Gasteiger partial charge >= 0.3 is 12.0 Å². The topological polar surface area (TPSA) is 69.6 Å². The van der Waals surface area contributed by atoms with Crippen LogP contribution in [0, 0.1) is 11.6 Å². The lowest BCUT2D eigenvalue weighted by atomic mass is 10.3. The molecular weight excluding hydrogens is 338 g/mol. The van der Waals surface area contributed by atoms with Crippen LogP contribution >= 0.6 is 15.9 Å². The molecule has 0 fully saturated rings. The number of hydrogen-bond acceptors (Lipinski definition) is 2. The van der Waals surface area contributed by atoms with Gasteiger partial charge in [-0.15, -0.1) is 6.58 Å². The van der Waals surface area contributed by atoms with Crippen molar-refractivity contribution in [3.8, 4) is 0 Å². The third-order valence-corrected chi connectivity index (χ3v) is 2.66. The summed E-state index contributed by atoms with van der Waals surface area (Å²) in [4.78, 5) is 23.2. The molecule has 0 aliphatic rings.